The van der Waals surface area contributed by atoms with Crippen molar-refractivity contribution in [3.63, 3.8) is 0 Å². The Bertz CT molecular complexity index is 1550. The van der Waals surface area contributed by atoms with Gasteiger partial charge in [0.15, 0.2) is 0 Å². The van der Waals surface area contributed by atoms with Crippen molar-refractivity contribution in [3.8, 4) is 23.2 Å². The van der Waals surface area contributed by atoms with E-state index in [0.29, 0.717) is 32.4 Å². The Morgan fingerprint density at radius 2 is 1.98 bits per heavy atom. The van der Waals surface area contributed by atoms with Crippen LogP contribution in [0.4, 0.5) is 13.2 Å². The van der Waals surface area contributed by atoms with Gasteiger partial charge in [0, 0.05) is 48.5 Å². The van der Waals surface area contributed by atoms with E-state index in [1.807, 2.05) is 23.1 Å². The summed E-state index contributed by atoms with van der Waals surface area (Å²) in [5.74, 6) is -0.116. The number of halogens is 3. The van der Waals surface area contributed by atoms with Crippen LogP contribution >= 0.6 is 0 Å². The molecule has 1 aliphatic heterocycles. The van der Waals surface area contributed by atoms with E-state index in [0.717, 1.165) is 41.2 Å². The summed E-state index contributed by atoms with van der Waals surface area (Å²) in [6, 6.07) is 6.72. The second kappa shape index (κ2) is 10.2. The highest BCUT2D eigenvalue weighted by Crippen LogP contribution is 2.39. The van der Waals surface area contributed by atoms with Crippen LogP contribution in [0.2, 0.25) is 0 Å². The maximum Gasteiger partial charge on any atom is 0.433 e. The van der Waals surface area contributed by atoms with Crippen LogP contribution in [0.5, 0.6) is 5.88 Å². The van der Waals surface area contributed by atoms with Gasteiger partial charge >= 0.3 is 6.18 Å². The van der Waals surface area contributed by atoms with Crippen molar-refractivity contribution in [2.24, 2.45) is 0 Å². The van der Waals surface area contributed by atoms with Crippen LogP contribution in [0.1, 0.15) is 43.4 Å². The van der Waals surface area contributed by atoms with E-state index in [-0.39, 0.29) is 23.6 Å². The molecule has 0 bridgehead atoms. The van der Waals surface area contributed by atoms with Crippen LogP contribution in [-0.4, -0.2) is 65.0 Å². The number of aliphatic hydroxyl groups excluding tert-OH is 1. The SMILES string of the molecule is N#CCC1(n2cc(-c3ncnc4[nH]ccc34)cn2)CN([C@H]2CC[C@@H](Oc3cc(CO)cc(C(F)(F)F)n3)CC2)C1. The van der Waals surface area contributed by atoms with Crippen molar-refractivity contribution >= 4 is 11.0 Å². The number of hydrogen-bond acceptors (Lipinski definition) is 8. The van der Waals surface area contributed by atoms with Crippen molar-refractivity contribution in [1.82, 2.24) is 34.6 Å². The molecule has 4 aromatic heterocycles. The monoisotopic (exact) mass is 552 g/mol. The molecule has 10 nitrogen and oxygen atoms in total. The van der Waals surface area contributed by atoms with E-state index in [4.69, 9.17) is 4.74 Å². The number of nitrogens with one attached hydrogen (secondary N) is 1. The van der Waals surface area contributed by atoms with Crippen LogP contribution < -0.4 is 4.74 Å². The van der Waals surface area contributed by atoms with Gasteiger partial charge in [-0.1, -0.05) is 0 Å². The molecule has 6 rings (SSSR count). The molecule has 0 spiro atoms. The first kappa shape index (κ1) is 26.2. The third kappa shape index (κ3) is 4.89. The van der Waals surface area contributed by atoms with E-state index in [1.165, 1.54) is 12.4 Å². The van der Waals surface area contributed by atoms with Crippen molar-refractivity contribution in [1.29, 1.82) is 5.26 Å². The number of hydrogen-bond donors (Lipinski definition) is 2. The number of H-pyrrole nitrogens is 1. The molecule has 0 unspecified atom stereocenters. The Balaban J connectivity index is 1.09. The van der Waals surface area contributed by atoms with Crippen LogP contribution in [0, 0.1) is 11.3 Å². The first-order chi connectivity index (χ1) is 19.3. The average molecular weight is 553 g/mol. The van der Waals surface area contributed by atoms with E-state index < -0.39 is 24.0 Å². The van der Waals surface area contributed by atoms with Gasteiger partial charge in [0.25, 0.3) is 0 Å². The normalized spacial score (nSPS) is 21.2. The molecule has 0 atom stereocenters. The maximum atomic E-state index is 13.2. The van der Waals surface area contributed by atoms with Gasteiger partial charge in [-0.2, -0.15) is 23.5 Å². The van der Waals surface area contributed by atoms with Crippen molar-refractivity contribution < 1.29 is 23.0 Å². The molecule has 1 saturated carbocycles. The maximum absolute atomic E-state index is 13.2. The Kier molecular flexibility index (Phi) is 6.67. The number of aliphatic hydroxyl groups is 1. The quantitative estimate of drug-likeness (QED) is 0.352. The highest BCUT2D eigenvalue weighted by Gasteiger charge is 2.48. The predicted octanol–water partition coefficient (Wildman–Crippen LogP) is 4.04. The van der Waals surface area contributed by atoms with Gasteiger partial charge in [0.2, 0.25) is 5.88 Å². The van der Waals surface area contributed by atoms with Gasteiger partial charge in [-0.15, -0.1) is 0 Å². The third-order valence-corrected chi connectivity index (χ3v) is 7.88. The third-order valence-electron chi connectivity index (χ3n) is 7.88. The average Bonchev–Trinajstić information content (AvgIpc) is 3.61. The topological polar surface area (TPSA) is 129 Å². The lowest BCUT2D eigenvalue weighted by molar-refractivity contribution is -0.141. The van der Waals surface area contributed by atoms with Crippen LogP contribution in [0.25, 0.3) is 22.3 Å². The zero-order valence-electron chi connectivity index (χ0n) is 21.5. The van der Waals surface area contributed by atoms with Gasteiger partial charge in [-0.05, 0) is 43.4 Å². The second-order valence-electron chi connectivity index (χ2n) is 10.5. The zero-order chi connectivity index (χ0) is 27.9. The number of pyridine rings is 1. The minimum Gasteiger partial charge on any atom is -0.474 e. The number of ether oxygens (including phenoxy) is 1. The van der Waals surface area contributed by atoms with E-state index in [1.54, 1.807) is 6.20 Å². The summed E-state index contributed by atoms with van der Waals surface area (Å²) in [5, 5.41) is 24.5. The largest absolute Gasteiger partial charge is 0.474 e. The fourth-order valence-electron chi connectivity index (χ4n) is 5.81. The second-order valence-corrected chi connectivity index (χ2v) is 10.5. The minimum absolute atomic E-state index is 0.111. The first-order valence-electron chi connectivity index (χ1n) is 13.1. The lowest BCUT2D eigenvalue weighted by Crippen LogP contribution is -2.65. The standard InChI is InChI=1S/C27H27F3N8O2/c28-27(29,30)22-9-17(13-39)10-23(36-22)40-20-3-1-19(2-4-20)37-14-26(15-37,6-7-31)38-12-18(11-35-38)24-21-5-8-32-25(21)34-16-33-24/h5,8-12,16,19-20,39H,1-4,6,13-15H2,(H,32,33,34)/t19-,20+. The van der Waals surface area contributed by atoms with E-state index in [9.17, 15) is 23.5 Å². The number of nitriles is 1. The van der Waals surface area contributed by atoms with Crippen molar-refractivity contribution in [3.05, 3.63) is 54.4 Å². The molecule has 40 heavy (non-hydrogen) atoms. The Morgan fingerprint density at radius 3 is 2.70 bits per heavy atom. The molecule has 1 aliphatic carbocycles. The highest BCUT2D eigenvalue weighted by molar-refractivity contribution is 5.90. The lowest BCUT2D eigenvalue weighted by Gasteiger charge is -2.53. The molecule has 0 aromatic carbocycles. The summed E-state index contributed by atoms with van der Waals surface area (Å²) in [7, 11) is 0. The molecular formula is C27H27F3N8O2. The smallest absolute Gasteiger partial charge is 0.433 e. The molecule has 2 fully saturated rings. The number of aromatic amines is 1. The Labute approximate surface area is 227 Å². The van der Waals surface area contributed by atoms with Crippen LogP contribution in [0.15, 0.2) is 43.1 Å². The van der Waals surface area contributed by atoms with Gasteiger partial charge in [0.1, 0.15) is 29.3 Å². The van der Waals surface area contributed by atoms with Gasteiger partial charge in [-0.25, -0.2) is 15.0 Å². The molecule has 0 amide bonds. The molecule has 2 N–H and O–H groups in total. The summed E-state index contributed by atoms with van der Waals surface area (Å²) in [4.78, 5) is 17.7. The van der Waals surface area contributed by atoms with Crippen LogP contribution in [0.3, 0.4) is 0 Å². The molecule has 13 heteroatoms. The summed E-state index contributed by atoms with van der Waals surface area (Å²) >= 11 is 0. The van der Waals surface area contributed by atoms with Crippen molar-refractivity contribution in [2.75, 3.05) is 13.1 Å². The molecule has 5 heterocycles. The predicted molar refractivity (Wildman–Crippen MR) is 137 cm³/mol. The summed E-state index contributed by atoms with van der Waals surface area (Å²) in [6.45, 7) is 0.827. The number of nitrogens with zero attached hydrogens (tertiary/aromatic N) is 7. The minimum atomic E-state index is -4.62. The fraction of sp³-hybridized carbons (Fsp3) is 0.444. The summed E-state index contributed by atoms with van der Waals surface area (Å²) in [6.07, 6.45) is 5.46. The first-order valence-corrected chi connectivity index (χ1v) is 13.1. The number of fused-ring (bicyclic) bond motifs is 1. The van der Waals surface area contributed by atoms with Gasteiger partial charge in [-0.3, -0.25) is 9.58 Å². The molecule has 4 aromatic rings. The fourth-order valence-corrected chi connectivity index (χ4v) is 5.81. The van der Waals surface area contributed by atoms with E-state index in [2.05, 4.69) is 36.0 Å². The number of alkyl halides is 3. The molecule has 0 radical (unpaired) electrons. The number of rotatable bonds is 7. The lowest BCUT2D eigenvalue weighted by atomic mass is 9.82. The Morgan fingerprint density at radius 1 is 1.18 bits per heavy atom. The highest BCUT2D eigenvalue weighted by atomic mass is 19.4. The number of likely N-dealkylation sites (tertiary alicyclic amines) is 1. The van der Waals surface area contributed by atoms with E-state index >= 15 is 0 Å². The number of aromatic nitrogens is 6. The van der Waals surface area contributed by atoms with Gasteiger partial charge in [0.05, 0.1) is 31.0 Å². The zero-order valence-corrected chi connectivity index (χ0v) is 21.5. The Hall–Kier alpha value is -4.02. The molecule has 1 saturated heterocycles. The summed E-state index contributed by atoms with van der Waals surface area (Å²) in [5.41, 5.74) is 0.980. The van der Waals surface area contributed by atoms with Crippen molar-refractivity contribution in [2.45, 2.75) is 62.6 Å². The molecular weight excluding hydrogens is 525 g/mol. The van der Waals surface area contributed by atoms with Crippen LogP contribution in [-0.2, 0) is 18.3 Å². The summed E-state index contributed by atoms with van der Waals surface area (Å²) < 4.78 is 47.3. The van der Waals surface area contributed by atoms with Gasteiger partial charge < -0.3 is 14.8 Å². The molecule has 2 aliphatic rings. The molecule has 208 valence electrons.